The lowest BCUT2D eigenvalue weighted by molar-refractivity contribution is 0.233. The van der Waals surface area contributed by atoms with Gasteiger partial charge in [-0.25, -0.2) is 0 Å². The zero-order valence-electron chi connectivity index (χ0n) is 6.98. The van der Waals surface area contributed by atoms with Gasteiger partial charge in [0, 0.05) is 0 Å². The van der Waals surface area contributed by atoms with E-state index in [1.54, 1.807) is 11.8 Å². The van der Waals surface area contributed by atoms with Gasteiger partial charge in [0.1, 0.15) is 0 Å². The molecule has 0 N–H and O–H groups in total. The average Bonchev–Trinajstić information content (AvgIpc) is 1.65. The van der Waals surface area contributed by atoms with Crippen molar-refractivity contribution >= 4 is 11.8 Å². The Balaban J connectivity index is 0.000000187. The smallest absolute Gasteiger partial charge is 0.0187 e. The molecule has 0 heterocycles. The van der Waals surface area contributed by atoms with Gasteiger partial charge >= 0.3 is 0 Å². The van der Waals surface area contributed by atoms with E-state index in [2.05, 4.69) is 13.8 Å². The second kappa shape index (κ2) is 5.16. The summed E-state index contributed by atoms with van der Waals surface area (Å²) < 4.78 is 0. The SMILES string of the molecule is CC1CC(C)C1.CSC. The lowest BCUT2D eigenvalue weighted by atomic mass is 9.78. The molecule has 0 aromatic carbocycles. The van der Waals surface area contributed by atoms with E-state index in [4.69, 9.17) is 0 Å². The Labute approximate surface area is 63.4 Å². The molecule has 56 valence electrons. The molecule has 0 aromatic rings. The van der Waals surface area contributed by atoms with E-state index >= 15 is 0 Å². The van der Waals surface area contributed by atoms with E-state index < -0.39 is 0 Å². The Hall–Kier alpha value is 0.350. The van der Waals surface area contributed by atoms with Crippen molar-refractivity contribution in [2.24, 2.45) is 11.8 Å². The molecule has 0 saturated heterocycles. The van der Waals surface area contributed by atoms with Crippen LogP contribution >= 0.6 is 11.8 Å². The van der Waals surface area contributed by atoms with Crippen LogP contribution in [-0.4, -0.2) is 12.5 Å². The molecule has 0 amide bonds. The number of thioether (sulfide) groups is 1. The maximum absolute atomic E-state index is 2.32. The molecule has 1 heteroatoms. The molecule has 0 bridgehead atoms. The van der Waals surface area contributed by atoms with Gasteiger partial charge in [-0.1, -0.05) is 13.8 Å². The van der Waals surface area contributed by atoms with Crippen molar-refractivity contribution in [1.82, 2.24) is 0 Å². The van der Waals surface area contributed by atoms with Gasteiger partial charge in [0.25, 0.3) is 0 Å². The fourth-order valence-corrected chi connectivity index (χ4v) is 1.30. The van der Waals surface area contributed by atoms with Gasteiger partial charge in [0.2, 0.25) is 0 Å². The second-order valence-electron chi connectivity index (χ2n) is 3.09. The highest BCUT2D eigenvalue weighted by molar-refractivity contribution is 7.97. The van der Waals surface area contributed by atoms with Crippen LogP contribution in [0.25, 0.3) is 0 Å². The normalized spacial score (nSPS) is 32.0. The summed E-state index contributed by atoms with van der Waals surface area (Å²) in [5.41, 5.74) is 0. The van der Waals surface area contributed by atoms with E-state index in [0.717, 1.165) is 11.8 Å². The molecule has 1 aliphatic carbocycles. The molecule has 0 spiro atoms. The quantitative estimate of drug-likeness (QED) is 0.506. The van der Waals surface area contributed by atoms with E-state index in [-0.39, 0.29) is 0 Å². The molecule has 9 heavy (non-hydrogen) atoms. The number of hydrogen-bond donors (Lipinski definition) is 0. The molecule has 0 nitrogen and oxygen atoms in total. The zero-order valence-corrected chi connectivity index (χ0v) is 7.79. The largest absolute Gasteiger partial charge is 0.169 e. The summed E-state index contributed by atoms with van der Waals surface area (Å²) in [5.74, 6) is 2.08. The van der Waals surface area contributed by atoms with E-state index in [0.29, 0.717) is 0 Å². The van der Waals surface area contributed by atoms with E-state index in [1.165, 1.54) is 12.8 Å². The summed E-state index contributed by atoms with van der Waals surface area (Å²) in [7, 11) is 0. The van der Waals surface area contributed by atoms with E-state index in [9.17, 15) is 0 Å². The third-order valence-electron chi connectivity index (χ3n) is 1.61. The summed E-state index contributed by atoms with van der Waals surface area (Å²) in [6, 6.07) is 0. The molecule has 0 aliphatic heterocycles. The summed E-state index contributed by atoms with van der Waals surface area (Å²) in [4.78, 5) is 0. The average molecular weight is 146 g/mol. The van der Waals surface area contributed by atoms with Crippen LogP contribution in [0, 0.1) is 11.8 Å². The number of rotatable bonds is 0. The molecule has 1 rings (SSSR count). The van der Waals surface area contributed by atoms with Crippen molar-refractivity contribution in [1.29, 1.82) is 0 Å². The van der Waals surface area contributed by atoms with Crippen LogP contribution in [0.15, 0.2) is 0 Å². The lowest BCUT2D eigenvalue weighted by Crippen LogP contribution is -2.16. The molecule has 1 saturated carbocycles. The molecule has 0 unspecified atom stereocenters. The summed E-state index contributed by atoms with van der Waals surface area (Å²) in [6.45, 7) is 4.64. The first-order chi connectivity index (χ1) is 4.20. The Kier molecular flexibility index (Phi) is 5.36. The van der Waals surface area contributed by atoms with Crippen molar-refractivity contribution in [3.05, 3.63) is 0 Å². The minimum absolute atomic E-state index is 1.04. The highest BCUT2D eigenvalue weighted by atomic mass is 32.2. The van der Waals surface area contributed by atoms with Gasteiger partial charge in [0.05, 0.1) is 0 Å². The maximum Gasteiger partial charge on any atom is -0.0187 e. The third-order valence-corrected chi connectivity index (χ3v) is 1.61. The predicted molar refractivity (Wildman–Crippen MR) is 47.0 cm³/mol. The molecule has 0 radical (unpaired) electrons. The van der Waals surface area contributed by atoms with Gasteiger partial charge < -0.3 is 0 Å². The van der Waals surface area contributed by atoms with Crippen LogP contribution in [-0.2, 0) is 0 Å². The standard InChI is InChI=1S/C6H12.C2H6S/c1-5-3-6(2)4-5;1-3-2/h5-6H,3-4H2,1-2H3;1-2H3. The van der Waals surface area contributed by atoms with Crippen LogP contribution < -0.4 is 0 Å². The Bertz CT molecular complexity index is 49.6. The topological polar surface area (TPSA) is 0 Å². The first-order valence-corrected chi connectivity index (χ1v) is 5.24. The van der Waals surface area contributed by atoms with Gasteiger partial charge in [-0.15, -0.1) is 0 Å². The van der Waals surface area contributed by atoms with Crippen LogP contribution in [0.1, 0.15) is 26.7 Å². The molecule has 1 fully saturated rings. The molecular weight excluding hydrogens is 128 g/mol. The molecule has 0 atom stereocenters. The third kappa shape index (κ3) is 4.83. The molecular formula is C8H18S. The first kappa shape index (κ1) is 9.35. The van der Waals surface area contributed by atoms with Crippen molar-refractivity contribution in [3.8, 4) is 0 Å². The minimum atomic E-state index is 1.04. The highest BCUT2D eigenvalue weighted by Crippen LogP contribution is 2.31. The van der Waals surface area contributed by atoms with Gasteiger partial charge in [-0.05, 0) is 37.2 Å². The monoisotopic (exact) mass is 146 g/mol. The Morgan fingerprint density at radius 2 is 1.22 bits per heavy atom. The van der Waals surface area contributed by atoms with E-state index in [1.807, 2.05) is 12.5 Å². The van der Waals surface area contributed by atoms with Crippen LogP contribution in [0.2, 0.25) is 0 Å². The van der Waals surface area contributed by atoms with Crippen LogP contribution in [0.5, 0.6) is 0 Å². The summed E-state index contributed by atoms with van der Waals surface area (Å²) >= 11 is 1.75. The molecule has 0 aromatic heterocycles. The summed E-state index contributed by atoms with van der Waals surface area (Å²) in [5, 5.41) is 0. The highest BCUT2D eigenvalue weighted by Gasteiger charge is 2.19. The van der Waals surface area contributed by atoms with Crippen LogP contribution in [0.4, 0.5) is 0 Å². The molecule has 1 aliphatic rings. The van der Waals surface area contributed by atoms with Crippen molar-refractivity contribution in [3.63, 3.8) is 0 Å². The Morgan fingerprint density at radius 1 is 1.00 bits per heavy atom. The second-order valence-corrected chi connectivity index (χ2v) is 3.91. The predicted octanol–water partition coefficient (Wildman–Crippen LogP) is 3.03. The lowest BCUT2D eigenvalue weighted by Gasteiger charge is -2.28. The van der Waals surface area contributed by atoms with Crippen LogP contribution in [0.3, 0.4) is 0 Å². The fourth-order valence-electron chi connectivity index (χ4n) is 1.30. The zero-order chi connectivity index (χ0) is 7.28. The van der Waals surface area contributed by atoms with Crippen molar-refractivity contribution in [2.45, 2.75) is 26.7 Å². The van der Waals surface area contributed by atoms with Crippen molar-refractivity contribution in [2.75, 3.05) is 12.5 Å². The fraction of sp³-hybridized carbons (Fsp3) is 1.00. The van der Waals surface area contributed by atoms with Gasteiger partial charge in [0.15, 0.2) is 0 Å². The first-order valence-electron chi connectivity index (χ1n) is 3.60. The van der Waals surface area contributed by atoms with Gasteiger partial charge in [-0.2, -0.15) is 11.8 Å². The minimum Gasteiger partial charge on any atom is -0.169 e. The van der Waals surface area contributed by atoms with Crippen molar-refractivity contribution < 1.29 is 0 Å². The summed E-state index contributed by atoms with van der Waals surface area (Å²) in [6.07, 6.45) is 7.03. The number of hydrogen-bond acceptors (Lipinski definition) is 1. The maximum atomic E-state index is 2.32. The van der Waals surface area contributed by atoms with Gasteiger partial charge in [-0.3, -0.25) is 0 Å². The Morgan fingerprint density at radius 3 is 1.22 bits per heavy atom.